The highest BCUT2D eigenvalue weighted by Gasteiger charge is 2.28. The van der Waals surface area contributed by atoms with Gasteiger partial charge in [-0.1, -0.05) is 6.07 Å². The maximum atomic E-state index is 12.6. The molecule has 0 atom stereocenters. The molecule has 0 aliphatic heterocycles. The third kappa shape index (κ3) is 3.18. The molecule has 0 radical (unpaired) electrons. The maximum absolute atomic E-state index is 12.6. The number of thiophene rings is 1. The van der Waals surface area contributed by atoms with Crippen molar-refractivity contribution in [3.8, 4) is 0 Å². The smallest absolute Gasteiger partial charge is 0.248 e. The molecule has 0 fully saturated rings. The molecule has 0 saturated heterocycles. The normalized spacial score (nSPS) is 12.1. The Labute approximate surface area is 121 Å². The average molecular weight is 316 g/mol. The summed E-state index contributed by atoms with van der Waals surface area (Å²) in [6.45, 7) is 0.845. The van der Waals surface area contributed by atoms with Crippen molar-refractivity contribution < 1.29 is 13.2 Å². The van der Waals surface area contributed by atoms with Crippen LogP contribution < -0.4 is 5.73 Å². The number of H-pyrrole nitrogens is 1. The number of anilines is 1. The first-order valence-electron chi connectivity index (χ1n) is 5.86. The fourth-order valence-corrected chi connectivity index (χ4v) is 3.90. The highest BCUT2D eigenvalue weighted by atomic mass is 32.2. The molecule has 9 heteroatoms. The molecular weight excluding hydrogens is 300 g/mol. The topological polar surface area (TPSA) is 101 Å². The molecule has 20 heavy (non-hydrogen) atoms. The van der Waals surface area contributed by atoms with Gasteiger partial charge in [0, 0.05) is 25.1 Å². The van der Waals surface area contributed by atoms with Gasteiger partial charge in [-0.3, -0.25) is 5.10 Å². The van der Waals surface area contributed by atoms with Crippen LogP contribution in [-0.4, -0.2) is 43.2 Å². The number of hydrogen-bond donors (Lipinski definition) is 2. The van der Waals surface area contributed by atoms with E-state index < -0.39 is 10.0 Å². The van der Waals surface area contributed by atoms with Gasteiger partial charge in [-0.15, -0.1) is 11.3 Å². The maximum Gasteiger partial charge on any atom is 0.248 e. The van der Waals surface area contributed by atoms with Gasteiger partial charge < -0.3 is 10.5 Å². The Balaban J connectivity index is 2.28. The molecule has 3 N–H and O–H groups in total. The Morgan fingerprint density at radius 2 is 2.35 bits per heavy atom. The van der Waals surface area contributed by atoms with Gasteiger partial charge >= 0.3 is 0 Å². The lowest BCUT2D eigenvalue weighted by Crippen LogP contribution is -2.33. The van der Waals surface area contributed by atoms with Crippen molar-refractivity contribution in [1.82, 2.24) is 14.5 Å². The first-order valence-corrected chi connectivity index (χ1v) is 8.18. The van der Waals surface area contributed by atoms with Crippen LogP contribution in [0, 0.1) is 0 Å². The second-order valence-electron chi connectivity index (χ2n) is 4.06. The Kier molecular flexibility index (Phi) is 4.76. The van der Waals surface area contributed by atoms with E-state index in [0.717, 1.165) is 4.88 Å². The molecule has 7 nitrogen and oxygen atoms in total. The molecule has 2 rings (SSSR count). The summed E-state index contributed by atoms with van der Waals surface area (Å²) in [6, 6.07) is 3.77. The van der Waals surface area contributed by atoms with Crippen LogP contribution in [0.5, 0.6) is 0 Å². The molecule has 0 bridgehead atoms. The Morgan fingerprint density at radius 1 is 1.55 bits per heavy atom. The molecule has 0 aliphatic rings. The monoisotopic (exact) mass is 316 g/mol. The molecule has 2 aromatic heterocycles. The molecular formula is C11H16N4O3S2. The molecule has 0 unspecified atom stereocenters. The average Bonchev–Trinajstić information content (AvgIpc) is 3.05. The van der Waals surface area contributed by atoms with Crippen molar-refractivity contribution in [2.24, 2.45) is 0 Å². The minimum Gasteiger partial charge on any atom is -0.383 e. The van der Waals surface area contributed by atoms with Crippen molar-refractivity contribution in [3.63, 3.8) is 0 Å². The van der Waals surface area contributed by atoms with Gasteiger partial charge in [-0.05, 0) is 11.4 Å². The summed E-state index contributed by atoms with van der Waals surface area (Å²) >= 11 is 1.50. The number of aromatic amines is 1. The van der Waals surface area contributed by atoms with Crippen LogP contribution in [0.2, 0.25) is 0 Å². The Morgan fingerprint density at radius 3 is 2.90 bits per heavy atom. The van der Waals surface area contributed by atoms with Crippen LogP contribution in [0.1, 0.15) is 4.88 Å². The summed E-state index contributed by atoms with van der Waals surface area (Å²) < 4.78 is 31.5. The fraction of sp³-hybridized carbons (Fsp3) is 0.364. The number of nitrogens with one attached hydrogen (secondary N) is 1. The highest BCUT2D eigenvalue weighted by molar-refractivity contribution is 7.89. The Bertz CT molecular complexity index is 636. The predicted octanol–water partition coefficient (Wildman–Crippen LogP) is 0.891. The zero-order valence-electron chi connectivity index (χ0n) is 10.9. The van der Waals surface area contributed by atoms with E-state index in [1.807, 2.05) is 17.5 Å². The number of sulfonamides is 1. The third-order valence-electron chi connectivity index (χ3n) is 2.71. The van der Waals surface area contributed by atoms with E-state index in [4.69, 9.17) is 10.5 Å². The molecule has 0 spiro atoms. The fourth-order valence-electron chi connectivity index (χ4n) is 1.68. The largest absolute Gasteiger partial charge is 0.383 e. The van der Waals surface area contributed by atoms with Gasteiger partial charge in [-0.2, -0.15) is 9.40 Å². The van der Waals surface area contributed by atoms with Crippen LogP contribution in [0.4, 0.5) is 5.82 Å². The van der Waals surface area contributed by atoms with Gasteiger partial charge in [0.1, 0.15) is 10.7 Å². The third-order valence-corrected chi connectivity index (χ3v) is 5.44. The second-order valence-corrected chi connectivity index (χ2v) is 7.00. The molecule has 0 aliphatic carbocycles. The van der Waals surface area contributed by atoms with Gasteiger partial charge in [0.25, 0.3) is 0 Å². The molecule has 2 heterocycles. The number of aromatic nitrogens is 2. The summed E-state index contributed by atoms with van der Waals surface area (Å²) in [4.78, 5) is 0.942. The quantitative estimate of drug-likeness (QED) is 0.790. The number of rotatable bonds is 7. The number of ether oxygens (including phenoxy) is 1. The molecule has 0 amide bonds. The van der Waals surface area contributed by atoms with E-state index in [1.165, 1.54) is 28.9 Å². The first-order chi connectivity index (χ1) is 9.55. The predicted molar refractivity (Wildman–Crippen MR) is 76.8 cm³/mol. The SMILES string of the molecule is COCCN(Cc1cccs1)S(=O)(=O)c1cn[nH]c1N. The van der Waals surface area contributed by atoms with Crippen LogP contribution in [0.25, 0.3) is 0 Å². The van der Waals surface area contributed by atoms with E-state index in [2.05, 4.69) is 10.2 Å². The molecule has 110 valence electrons. The summed E-state index contributed by atoms with van der Waals surface area (Å²) in [5, 5.41) is 8.01. The lowest BCUT2D eigenvalue weighted by atomic mass is 10.4. The summed E-state index contributed by atoms with van der Waals surface area (Å²) in [5.74, 6) is 0.0404. The van der Waals surface area contributed by atoms with Crippen LogP contribution >= 0.6 is 11.3 Å². The first kappa shape index (κ1) is 15.0. The van der Waals surface area contributed by atoms with E-state index in [9.17, 15) is 8.42 Å². The van der Waals surface area contributed by atoms with Gasteiger partial charge in [0.15, 0.2) is 0 Å². The summed E-state index contributed by atoms with van der Waals surface area (Å²) in [5.41, 5.74) is 5.61. The zero-order valence-corrected chi connectivity index (χ0v) is 12.6. The minimum atomic E-state index is -3.70. The van der Waals surface area contributed by atoms with E-state index in [0.29, 0.717) is 6.61 Å². The van der Waals surface area contributed by atoms with E-state index in [-0.39, 0.29) is 23.8 Å². The van der Waals surface area contributed by atoms with E-state index >= 15 is 0 Å². The van der Waals surface area contributed by atoms with Crippen molar-refractivity contribution in [2.45, 2.75) is 11.4 Å². The number of nitrogen functional groups attached to an aromatic ring is 1. The van der Waals surface area contributed by atoms with Gasteiger partial charge in [0.2, 0.25) is 10.0 Å². The minimum absolute atomic E-state index is 0.00911. The van der Waals surface area contributed by atoms with Crippen molar-refractivity contribution in [3.05, 3.63) is 28.6 Å². The number of nitrogens with two attached hydrogens (primary N) is 1. The summed E-state index contributed by atoms with van der Waals surface area (Å²) in [6.07, 6.45) is 1.22. The van der Waals surface area contributed by atoms with Gasteiger partial charge in [0.05, 0.1) is 12.8 Å². The summed E-state index contributed by atoms with van der Waals surface area (Å²) in [7, 11) is -2.17. The number of methoxy groups -OCH3 is 1. The van der Waals surface area contributed by atoms with Crippen LogP contribution in [-0.2, 0) is 21.3 Å². The highest BCUT2D eigenvalue weighted by Crippen LogP contribution is 2.22. The second kappa shape index (κ2) is 6.35. The number of hydrogen-bond acceptors (Lipinski definition) is 6. The molecule has 0 aromatic carbocycles. The van der Waals surface area contributed by atoms with Crippen molar-refractivity contribution in [2.75, 3.05) is 26.0 Å². The molecule has 2 aromatic rings. The van der Waals surface area contributed by atoms with Crippen molar-refractivity contribution in [1.29, 1.82) is 0 Å². The standard InChI is InChI=1S/C11H16N4O3S2/c1-18-5-4-15(8-9-3-2-6-19-9)20(16,17)10-7-13-14-11(10)12/h2-3,6-7H,4-5,8H2,1H3,(H3,12,13,14). The van der Waals surface area contributed by atoms with E-state index in [1.54, 1.807) is 0 Å². The Hall–Kier alpha value is -1.42. The molecule has 0 saturated carbocycles. The van der Waals surface area contributed by atoms with Crippen LogP contribution in [0.3, 0.4) is 0 Å². The number of nitrogens with zero attached hydrogens (tertiary/aromatic N) is 2. The zero-order chi connectivity index (χ0) is 14.6. The van der Waals surface area contributed by atoms with Crippen LogP contribution in [0.15, 0.2) is 28.6 Å². The van der Waals surface area contributed by atoms with Crippen molar-refractivity contribution >= 4 is 27.2 Å². The van der Waals surface area contributed by atoms with Gasteiger partial charge in [-0.25, -0.2) is 8.42 Å². The lowest BCUT2D eigenvalue weighted by molar-refractivity contribution is 0.177. The lowest BCUT2D eigenvalue weighted by Gasteiger charge is -2.20.